The Bertz CT molecular complexity index is 1020. The third-order valence-electron chi connectivity index (χ3n) is 5.11. The highest BCUT2D eigenvalue weighted by Crippen LogP contribution is 2.28. The summed E-state index contributed by atoms with van der Waals surface area (Å²) in [6.07, 6.45) is 4.35. The summed E-state index contributed by atoms with van der Waals surface area (Å²) >= 11 is 6.05. The van der Waals surface area contributed by atoms with Crippen molar-refractivity contribution in [3.63, 3.8) is 0 Å². The smallest absolute Gasteiger partial charge is 0.261 e. The molecule has 0 N–H and O–H groups in total. The number of carbonyl (C=O) groups excluding carboxylic acids is 1. The summed E-state index contributed by atoms with van der Waals surface area (Å²) in [5, 5.41) is 4.63. The maximum Gasteiger partial charge on any atom is 0.261 e. The van der Waals surface area contributed by atoms with Gasteiger partial charge in [0.1, 0.15) is 5.82 Å². The summed E-state index contributed by atoms with van der Waals surface area (Å²) in [5.74, 6) is 2.00. The Morgan fingerprint density at radius 2 is 2.07 bits per heavy atom. The molecular formula is C22H24ClN5O2. The standard InChI is InChI=1S/C22H24ClN5O2/c1-2-6-19-25-21(30-26-19)18-9-4-10-24-20(18)27-11-5-12-28(14-13-27)22(29)16-7-3-8-17(23)15-16/h3-4,7-10,15H,2,5-6,11-14H2,1H3. The first-order valence-corrected chi connectivity index (χ1v) is 10.6. The molecule has 1 aliphatic heterocycles. The van der Waals surface area contributed by atoms with Gasteiger partial charge in [0.05, 0.1) is 5.56 Å². The van der Waals surface area contributed by atoms with Crippen LogP contribution in [0.2, 0.25) is 5.02 Å². The van der Waals surface area contributed by atoms with Crippen molar-refractivity contribution >= 4 is 23.3 Å². The van der Waals surface area contributed by atoms with E-state index in [1.54, 1.807) is 30.5 Å². The van der Waals surface area contributed by atoms with Gasteiger partial charge in [-0.25, -0.2) is 4.98 Å². The number of halogens is 1. The number of benzene rings is 1. The van der Waals surface area contributed by atoms with E-state index in [9.17, 15) is 4.79 Å². The molecule has 0 bridgehead atoms. The van der Waals surface area contributed by atoms with Crippen LogP contribution in [0.3, 0.4) is 0 Å². The molecule has 1 aliphatic rings. The molecule has 0 saturated carbocycles. The van der Waals surface area contributed by atoms with Crippen LogP contribution in [-0.4, -0.2) is 52.1 Å². The van der Waals surface area contributed by atoms with Crippen LogP contribution in [0, 0.1) is 0 Å². The van der Waals surface area contributed by atoms with Crippen molar-refractivity contribution in [2.75, 3.05) is 31.1 Å². The number of carbonyl (C=O) groups is 1. The molecule has 3 aromatic rings. The van der Waals surface area contributed by atoms with Gasteiger partial charge in [-0.2, -0.15) is 4.98 Å². The van der Waals surface area contributed by atoms with E-state index in [1.165, 1.54) is 0 Å². The molecule has 1 saturated heterocycles. The molecule has 0 aliphatic carbocycles. The van der Waals surface area contributed by atoms with Crippen molar-refractivity contribution in [3.8, 4) is 11.5 Å². The number of aryl methyl sites for hydroxylation is 1. The van der Waals surface area contributed by atoms with Crippen LogP contribution in [0.25, 0.3) is 11.5 Å². The third kappa shape index (κ3) is 4.46. The molecule has 1 fully saturated rings. The Morgan fingerprint density at radius 3 is 2.90 bits per heavy atom. The zero-order valence-corrected chi connectivity index (χ0v) is 17.7. The summed E-state index contributed by atoms with van der Waals surface area (Å²) in [6, 6.07) is 10.9. The van der Waals surface area contributed by atoms with Gasteiger partial charge in [-0.05, 0) is 43.2 Å². The summed E-state index contributed by atoms with van der Waals surface area (Å²) < 4.78 is 5.49. The Labute approximate surface area is 180 Å². The molecule has 30 heavy (non-hydrogen) atoms. The summed E-state index contributed by atoms with van der Waals surface area (Å²) in [6.45, 7) is 4.84. The van der Waals surface area contributed by atoms with Gasteiger partial charge < -0.3 is 14.3 Å². The molecule has 4 rings (SSSR count). The SMILES string of the molecule is CCCc1noc(-c2cccnc2N2CCCN(C(=O)c3cccc(Cl)c3)CC2)n1. The highest BCUT2D eigenvalue weighted by atomic mass is 35.5. The van der Waals surface area contributed by atoms with E-state index in [-0.39, 0.29) is 5.91 Å². The molecule has 3 heterocycles. The molecule has 0 radical (unpaired) electrons. The van der Waals surface area contributed by atoms with Gasteiger partial charge in [0, 0.05) is 49.4 Å². The zero-order valence-electron chi connectivity index (χ0n) is 16.9. The molecule has 1 aromatic carbocycles. The number of rotatable bonds is 5. The van der Waals surface area contributed by atoms with E-state index >= 15 is 0 Å². The van der Waals surface area contributed by atoms with Gasteiger partial charge in [-0.15, -0.1) is 0 Å². The van der Waals surface area contributed by atoms with Crippen molar-refractivity contribution in [2.45, 2.75) is 26.2 Å². The Hall–Kier alpha value is -2.93. The number of aromatic nitrogens is 3. The fourth-order valence-corrected chi connectivity index (χ4v) is 3.83. The van der Waals surface area contributed by atoms with E-state index < -0.39 is 0 Å². The molecule has 0 spiro atoms. The fraction of sp³-hybridized carbons (Fsp3) is 0.364. The minimum absolute atomic E-state index is 0.00158. The van der Waals surface area contributed by atoms with Gasteiger partial charge in [0.15, 0.2) is 5.82 Å². The van der Waals surface area contributed by atoms with E-state index in [0.717, 1.165) is 37.2 Å². The maximum absolute atomic E-state index is 12.9. The number of pyridine rings is 1. The average molecular weight is 426 g/mol. The van der Waals surface area contributed by atoms with E-state index in [4.69, 9.17) is 16.1 Å². The normalized spacial score (nSPS) is 14.6. The molecule has 8 heteroatoms. The fourth-order valence-electron chi connectivity index (χ4n) is 3.64. The Balaban J connectivity index is 1.51. The second kappa shape index (κ2) is 9.26. The highest BCUT2D eigenvalue weighted by molar-refractivity contribution is 6.30. The van der Waals surface area contributed by atoms with Crippen molar-refractivity contribution < 1.29 is 9.32 Å². The molecule has 156 valence electrons. The second-order valence-corrected chi connectivity index (χ2v) is 7.72. The zero-order chi connectivity index (χ0) is 20.9. The summed E-state index contributed by atoms with van der Waals surface area (Å²) in [7, 11) is 0. The van der Waals surface area contributed by atoms with Gasteiger partial charge >= 0.3 is 0 Å². The molecule has 1 amide bonds. The van der Waals surface area contributed by atoms with Crippen LogP contribution < -0.4 is 4.90 Å². The number of nitrogens with zero attached hydrogens (tertiary/aromatic N) is 5. The van der Waals surface area contributed by atoms with Crippen LogP contribution >= 0.6 is 11.6 Å². The molecular weight excluding hydrogens is 402 g/mol. The predicted molar refractivity (Wildman–Crippen MR) is 116 cm³/mol. The Morgan fingerprint density at radius 1 is 1.17 bits per heavy atom. The summed E-state index contributed by atoms with van der Waals surface area (Å²) in [4.78, 5) is 26.1. The second-order valence-electron chi connectivity index (χ2n) is 7.28. The van der Waals surface area contributed by atoms with Crippen molar-refractivity contribution in [1.82, 2.24) is 20.0 Å². The van der Waals surface area contributed by atoms with E-state index in [1.807, 2.05) is 17.0 Å². The largest absolute Gasteiger partial charge is 0.354 e. The van der Waals surface area contributed by atoms with Gasteiger partial charge in [0.2, 0.25) is 0 Å². The van der Waals surface area contributed by atoms with Crippen molar-refractivity contribution in [3.05, 3.63) is 59.0 Å². The van der Waals surface area contributed by atoms with Crippen LogP contribution in [0.4, 0.5) is 5.82 Å². The number of hydrogen-bond acceptors (Lipinski definition) is 6. The number of anilines is 1. The van der Waals surface area contributed by atoms with Gasteiger partial charge in [0.25, 0.3) is 11.8 Å². The van der Waals surface area contributed by atoms with Crippen LogP contribution in [-0.2, 0) is 6.42 Å². The van der Waals surface area contributed by atoms with Crippen LogP contribution in [0.15, 0.2) is 47.1 Å². The molecule has 0 unspecified atom stereocenters. The number of amides is 1. The predicted octanol–water partition coefficient (Wildman–Crippen LogP) is 4.09. The van der Waals surface area contributed by atoms with Crippen LogP contribution in [0.5, 0.6) is 0 Å². The monoisotopic (exact) mass is 425 g/mol. The lowest BCUT2D eigenvalue weighted by molar-refractivity contribution is 0.0767. The quantitative estimate of drug-likeness (QED) is 0.612. The van der Waals surface area contributed by atoms with E-state index in [0.29, 0.717) is 41.9 Å². The molecule has 0 atom stereocenters. The topological polar surface area (TPSA) is 75.4 Å². The lowest BCUT2D eigenvalue weighted by Crippen LogP contribution is -2.35. The first-order chi connectivity index (χ1) is 14.7. The first-order valence-electron chi connectivity index (χ1n) is 10.2. The van der Waals surface area contributed by atoms with Crippen molar-refractivity contribution in [2.24, 2.45) is 0 Å². The van der Waals surface area contributed by atoms with Crippen LogP contribution in [0.1, 0.15) is 35.9 Å². The summed E-state index contributed by atoms with van der Waals surface area (Å²) in [5.41, 5.74) is 1.44. The van der Waals surface area contributed by atoms with E-state index in [2.05, 4.69) is 26.9 Å². The highest BCUT2D eigenvalue weighted by Gasteiger charge is 2.24. The number of hydrogen-bond donors (Lipinski definition) is 0. The maximum atomic E-state index is 12.9. The third-order valence-corrected chi connectivity index (χ3v) is 5.35. The molecule has 7 nitrogen and oxygen atoms in total. The van der Waals surface area contributed by atoms with Crippen molar-refractivity contribution in [1.29, 1.82) is 0 Å². The lowest BCUT2D eigenvalue weighted by Gasteiger charge is -2.24. The minimum atomic E-state index is 0.00158. The molecule has 2 aromatic heterocycles. The lowest BCUT2D eigenvalue weighted by atomic mass is 10.2. The minimum Gasteiger partial charge on any atom is -0.354 e. The average Bonchev–Trinajstić information content (AvgIpc) is 3.09. The van der Waals surface area contributed by atoms with Gasteiger partial charge in [-0.3, -0.25) is 4.79 Å². The van der Waals surface area contributed by atoms with Gasteiger partial charge in [-0.1, -0.05) is 29.7 Å². The first kappa shape index (κ1) is 20.3. The Kier molecular flexibility index (Phi) is 6.28.